The quantitative estimate of drug-likeness (QED) is 0.756. The molecule has 0 saturated carbocycles. The van der Waals surface area contributed by atoms with Crippen LogP contribution in [0.15, 0.2) is 23.1 Å². The van der Waals surface area contributed by atoms with Crippen molar-refractivity contribution in [1.29, 1.82) is 0 Å². The molecule has 1 aliphatic rings. The Hall–Kier alpha value is -1.46. The van der Waals surface area contributed by atoms with Gasteiger partial charge < -0.3 is 5.11 Å². The highest BCUT2D eigenvalue weighted by Gasteiger charge is 2.24. The first-order valence-electron chi connectivity index (χ1n) is 4.29. The van der Waals surface area contributed by atoms with E-state index < -0.39 is 5.91 Å². The number of hydrogen-bond acceptors (Lipinski definition) is 4. The molecule has 1 aromatic rings. The van der Waals surface area contributed by atoms with Gasteiger partial charge >= 0.3 is 0 Å². The molecule has 1 aliphatic heterocycles. The number of phenolic OH excluding ortho intramolecular Hbond substituents is 1. The van der Waals surface area contributed by atoms with Gasteiger partial charge in [-0.1, -0.05) is 17.7 Å². The Bertz CT molecular complexity index is 513. The molecule has 2 amide bonds. The largest absolute Gasteiger partial charge is 0.506 e. The van der Waals surface area contributed by atoms with Crippen LogP contribution in [0.25, 0.3) is 6.08 Å². The Labute approximate surface area is 100 Å². The third-order valence-corrected chi connectivity index (χ3v) is 3.02. The molecule has 1 saturated heterocycles. The first-order chi connectivity index (χ1) is 7.56. The van der Waals surface area contributed by atoms with Crippen LogP contribution in [0.3, 0.4) is 0 Å². The summed E-state index contributed by atoms with van der Waals surface area (Å²) in [5, 5.41) is 11.2. The van der Waals surface area contributed by atoms with Crippen molar-refractivity contribution in [3.63, 3.8) is 0 Å². The molecule has 1 aromatic carbocycles. The van der Waals surface area contributed by atoms with Gasteiger partial charge in [0.1, 0.15) is 5.75 Å². The summed E-state index contributed by atoms with van der Waals surface area (Å²) in [4.78, 5) is 22.4. The predicted molar refractivity (Wildman–Crippen MR) is 62.2 cm³/mol. The van der Waals surface area contributed by atoms with Crippen molar-refractivity contribution in [2.75, 3.05) is 0 Å². The summed E-state index contributed by atoms with van der Waals surface area (Å²) in [7, 11) is 0. The van der Waals surface area contributed by atoms with Gasteiger partial charge in [0.05, 0.1) is 9.93 Å². The Morgan fingerprint density at radius 1 is 1.38 bits per heavy atom. The van der Waals surface area contributed by atoms with Gasteiger partial charge in [-0.05, 0) is 35.5 Å². The molecule has 0 aliphatic carbocycles. The number of phenols is 1. The van der Waals surface area contributed by atoms with E-state index in [1.807, 2.05) is 0 Å². The summed E-state index contributed by atoms with van der Waals surface area (Å²) in [6, 6.07) is 4.54. The lowest BCUT2D eigenvalue weighted by atomic mass is 10.2. The maximum Gasteiger partial charge on any atom is 0.290 e. The predicted octanol–water partition coefficient (Wildman–Crippen LogP) is 2.37. The fourth-order valence-electron chi connectivity index (χ4n) is 1.19. The second-order valence-electron chi connectivity index (χ2n) is 3.06. The van der Waals surface area contributed by atoms with Crippen LogP contribution < -0.4 is 5.32 Å². The van der Waals surface area contributed by atoms with Crippen molar-refractivity contribution in [1.82, 2.24) is 5.32 Å². The molecule has 1 fully saturated rings. The van der Waals surface area contributed by atoms with Crippen molar-refractivity contribution in [2.45, 2.75) is 0 Å². The molecule has 4 nitrogen and oxygen atoms in total. The Morgan fingerprint density at radius 3 is 2.69 bits per heavy atom. The van der Waals surface area contributed by atoms with Crippen LogP contribution in [0, 0.1) is 0 Å². The zero-order valence-electron chi connectivity index (χ0n) is 7.86. The third-order valence-electron chi connectivity index (χ3n) is 1.91. The molecule has 0 atom stereocenters. The summed E-state index contributed by atoms with van der Waals surface area (Å²) in [6.07, 6.45) is 1.54. The minimum absolute atomic E-state index is 0.0246. The number of benzene rings is 1. The van der Waals surface area contributed by atoms with Crippen LogP contribution in [-0.4, -0.2) is 16.3 Å². The number of imide groups is 1. The highest BCUT2D eigenvalue weighted by atomic mass is 35.5. The summed E-state index contributed by atoms with van der Waals surface area (Å²) in [5.41, 5.74) is 0.648. The minimum Gasteiger partial charge on any atom is -0.506 e. The lowest BCUT2D eigenvalue weighted by Crippen LogP contribution is -2.17. The van der Waals surface area contributed by atoms with Gasteiger partial charge in [0, 0.05) is 0 Å². The maximum absolute atomic E-state index is 11.2. The van der Waals surface area contributed by atoms with Crippen molar-refractivity contribution in [2.24, 2.45) is 0 Å². The fourth-order valence-corrected chi connectivity index (χ4v) is 2.06. The standard InChI is InChI=1S/C10H6ClNO3S/c11-6-3-5(1-2-7(6)13)4-8-9(14)12-10(15)16-8/h1-4,13H,(H,12,14,15)/b8-4-. The van der Waals surface area contributed by atoms with E-state index in [0.29, 0.717) is 10.5 Å². The summed E-state index contributed by atoms with van der Waals surface area (Å²) in [5.74, 6) is -0.442. The Balaban J connectivity index is 2.32. The van der Waals surface area contributed by atoms with Crippen LogP contribution in [0.5, 0.6) is 5.75 Å². The average Bonchev–Trinajstić information content (AvgIpc) is 2.51. The highest BCUT2D eigenvalue weighted by molar-refractivity contribution is 8.18. The maximum atomic E-state index is 11.2. The van der Waals surface area contributed by atoms with Gasteiger partial charge in [-0.25, -0.2) is 0 Å². The molecular weight excluding hydrogens is 250 g/mol. The lowest BCUT2D eigenvalue weighted by Gasteiger charge is -1.98. The molecular formula is C10H6ClNO3S. The number of aromatic hydroxyl groups is 1. The number of hydrogen-bond donors (Lipinski definition) is 2. The van der Waals surface area contributed by atoms with E-state index in [1.54, 1.807) is 6.07 Å². The minimum atomic E-state index is -0.417. The highest BCUT2D eigenvalue weighted by Crippen LogP contribution is 2.28. The summed E-state index contributed by atoms with van der Waals surface area (Å²) in [6.45, 7) is 0. The van der Waals surface area contributed by atoms with Crippen LogP contribution in [-0.2, 0) is 4.79 Å². The summed E-state index contributed by atoms with van der Waals surface area (Å²) >= 11 is 6.55. The first kappa shape index (κ1) is 11.0. The molecule has 6 heteroatoms. The van der Waals surface area contributed by atoms with E-state index in [4.69, 9.17) is 11.6 Å². The zero-order valence-corrected chi connectivity index (χ0v) is 9.43. The molecule has 0 unspecified atom stereocenters. The second kappa shape index (κ2) is 4.19. The van der Waals surface area contributed by atoms with Gasteiger partial charge in [-0.3, -0.25) is 14.9 Å². The molecule has 0 spiro atoms. The van der Waals surface area contributed by atoms with E-state index in [-0.39, 0.29) is 16.0 Å². The van der Waals surface area contributed by atoms with Crippen molar-refractivity contribution < 1.29 is 14.7 Å². The molecule has 2 rings (SSSR count). The molecule has 82 valence electrons. The number of thioether (sulfide) groups is 1. The van der Waals surface area contributed by atoms with Crippen LogP contribution in [0.4, 0.5) is 4.79 Å². The number of halogens is 1. The molecule has 0 radical (unpaired) electrons. The van der Waals surface area contributed by atoms with Crippen molar-refractivity contribution >= 4 is 40.6 Å². The third kappa shape index (κ3) is 2.20. The summed E-state index contributed by atoms with van der Waals surface area (Å²) < 4.78 is 0. The number of carbonyl (C=O) groups is 2. The van der Waals surface area contributed by atoms with Gasteiger partial charge in [-0.15, -0.1) is 0 Å². The van der Waals surface area contributed by atoms with Crippen molar-refractivity contribution in [3.8, 4) is 5.75 Å². The second-order valence-corrected chi connectivity index (χ2v) is 4.49. The monoisotopic (exact) mass is 255 g/mol. The number of rotatable bonds is 1. The molecule has 16 heavy (non-hydrogen) atoms. The van der Waals surface area contributed by atoms with E-state index in [1.165, 1.54) is 18.2 Å². The topological polar surface area (TPSA) is 66.4 Å². The van der Waals surface area contributed by atoms with Crippen LogP contribution in [0.1, 0.15) is 5.56 Å². The fraction of sp³-hybridized carbons (Fsp3) is 0. The van der Waals surface area contributed by atoms with Gasteiger partial charge in [0.25, 0.3) is 11.1 Å². The Kier molecular flexibility index (Phi) is 2.89. The van der Waals surface area contributed by atoms with Gasteiger partial charge in [0.2, 0.25) is 0 Å². The number of nitrogens with one attached hydrogen (secondary N) is 1. The average molecular weight is 256 g/mol. The number of amides is 2. The number of carbonyl (C=O) groups excluding carboxylic acids is 2. The normalized spacial score (nSPS) is 17.9. The molecule has 0 bridgehead atoms. The smallest absolute Gasteiger partial charge is 0.290 e. The van der Waals surface area contributed by atoms with Crippen LogP contribution >= 0.6 is 23.4 Å². The van der Waals surface area contributed by atoms with E-state index in [9.17, 15) is 14.7 Å². The van der Waals surface area contributed by atoms with E-state index in [2.05, 4.69) is 5.32 Å². The SMILES string of the molecule is O=C1NC(=O)/C(=C/c2ccc(O)c(Cl)c2)S1. The molecule has 0 aromatic heterocycles. The first-order valence-corrected chi connectivity index (χ1v) is 5.49. The van der Waals surface area contributed by atoms with Crippen LogP contribution in [0.2, 0.25) is 5.02 Å². The molecule has 1 heterocycles. The zero-order chi connectivity index (χ0) is 11.7. The van der Waals surface area contributed by atoms with E-state index >= 15 is 0 Å². The van der Waals surface area contributed by atoms with Gasteiger partial charge in [0.15, 0.2) is 0 Å². The van der Waals surface area contributed by atoms with Gasteiger partial charge in [-0.2, -0.15) is 0 Å². The van der Waals surface area contributed by atoms with E-state index in [0.717, 1.165) is 11.8 Å². The molecule has 2 N–H and O–H groups in total. The Morgan fingerprint density at radius 2 is 2.12 bits per heavy atom. The van der Waals surface area contributed by atoms with Crippen molar-refractivity contribution in [3.05, 3.63) is 33.7 Å². The lowest BCUT2D eigenvalue weighted by molar-refractivity contribution is -0.115.